The van der Waals surface area contributed by atoms with Crippen LogP contribution < -0.4 is 10.2 Å². The molecule has 112 valence electrons. The molecule has 20 heavy (non-hydrogen) atoms. The molecule has 1 aromatic heterocycles. The number of rotatable bonds is 7. The van der Waals surface area contributed by atoms with E-state index in [-0.39, 0.29) is 0 Å². The van der Waals surface area contributed by atoms with E-state index < -0.39 is 0 Å². The second-order valence-electron chi connectivity index (χ2n) is 6.59. The van der Waals surface area contributed by atoms with Gasteiger partial charge in [0.1, 0.15) is 0 Å². The third kappa shape index (κ3) is 4.17. The third-order valence-corrected chi connectivity index (χ3v) is 3.58. The van der Waals surface area contributed by atoms with Gasteiger partial charge in [-0.3, -0.25) is 0 Å². The van der Waals surface area contributed by atoms with E-state index in [1.807, 2.05) is 6.20 Å². The van der Waals surface area contributed by atoms with Gasteiger partial charge in [-0.2, -0.15) is 0 Å². The minimum Gasteiger partial charge on any atom is -0.338 e. The fourth-order valence-electron chi connectivity index (χ4n) is 2.28. The predicted octanol–water partition coefficient (Wildman–Crippen LogP) is 2.91. The quantitative estimate of drug-likeness (QED) is 0.831. The molecule has 1 heterocycles. The van der Waals surface area contributed by atoms with Crippen molar-refractivity contribution < 1.29 is 0 Å². The Bertz CT molecular complexity index is 438. The van der Waals surface area contributed by atoms with Crippen molar-refractivity contribution in [1.82, 2.24) is 15.3 Å². The molecule has 0 atom stereocenters. The van der Waals surface area contributed by atoms with Gasteiger partial charge in [0.05, 0.1) is 0 Å². The molecule has 0 aliphatic heterocycles. The van der Waals surface area contributed by atoms with Crippen LogP contribution >= 0.6 is 0 Å². The molecule has 0 bridgehead atoms. The topological polar surface area (TPSA) is 41.1 Å². The third-order valence-electron chi connectivity index (χ3n) is 3.58. The fourth-order valence-corrected chi connectivity index (χ4v) is 2.28. The number of hydrogen-bond donors (Lipinski definition) is 1. The Morgan fingerprint density at radius 3 is 2.50 bits per heavy atom. The van der Waals surface area contributed by atoms with Crippen LogP contribution in [0.15, 0.2) is 6.20 Å². The molecule has 0 radical (unpaired) electrons. The van der Waals surface area contributed by atoms with Gasteiger partial charge in [0.2, 0.25) is 5.95 Å². The first-order chi connectivity index (χ1) is 9.47. The largest absolute Gasteiger partial charge is 0.338 e. The Hall–Kier alpha value is -1.16. The maximum atomic E-state index is 4.74. The SMILES string of the molecule is Cc1nc(N(CC(C)C)C2CC2)ncc1CNC(C)C. The number of hydrogen-bond acceptors (Lipinski definition) is 4. The zero-order chi connectivity index (χ0) is 14.7. The van der Waals surface area contributed by atoms with Gasteiger partial charge < -0.3 is 10.2 Å². The van der Waals surface area contributed by atoms with Crippen LogP contribution in [0.25, 0.3) is 0 Å². The molecule has 1 fully saturated rings. The summed E-state index contributed by atoms with van der Waals surface area (Å²) in [5, 5.41) is 3.43. The van der Waals surface area contributed by atoms with Gasteiger partial charge in [-0.15, -0.1) is 0 Å². The molecule has 2 rings (SSSR count). The lowest BCUT2D eigenvalue weighted by Gasteiger charge is -2.25. The average Bonchev–Trinajstić information content (AvgIpc) is 3.18. The molecule has 1 aliphatic carbocycles. The molecule has 0 saturated heterocycles. The average molecular weight is 276 g/mol. The van der Waals surface area contributed by atoms with E-state index in [9.17, 15) is 0 Å². The molecule has 0 aromatic carbocycles. The maximum absolute atomic E-state index is 4.74. The van der Waals surface area contributed by atoms with Crippen LogP contribution in [0.1, 0.15) is 51.8 Å². The summed E-state index contributed by atoms with van der Waals surface area (Å²) in [7, 11) is 0. The molecule has 1 saturated carbocycles. The lowest BCUT2D eigenvalue weighted by molar-refractivity contribution is 0.580. The Labute approximate surface area is 123 Å². The van der Waals surface area contributed by atoms with Crippen LogP contribution in [0.3, 0.4) is 0 Å². The number of aromatic nitrogens is 2. The number of aryl methyl sites for hydroxylation is 1. The normalized spacial score (nSPS) is 15.2. The highest BCUT2D eigenvalue weighted by atomic mass is 15.3. The van der Waals surface area contributed by atoms with Gasteiger partial charge in [0, 0.05) is 42.6 Å². The van der Waals surface area contributed by atoms with E-state index in [2.05, 4.69) is 49.8 Å². The summed E-state index contributed by atoms with van der Waals surface area (Å²) in [5.74, 6) is 1.55. The highest BCUT2D eigenvalue weighted by molar-refractivity contribution is 5.36. The monoisotopic (exact) mass is 276 g/mol. The maximum Gasteiger partial charge on any atom is 0.225 e. The van der Waals surface area contributed by atoms with Crippen molar-refractivity contribution in [2.75, 3.05) is 11.4 Å². The lowest BCUT2D eigenvalue weighted by Crippen LogP contribution is -2.32. The number of nitrogens with one attached hydrogen (secondary N) is 1. The molecule has 1 aromatic rings. The van der Waals surface area contributed by atoms with Crippen molar-refractivity contribution in [2.24, 2.45) is 5.92 Å². The van der Waals surface area contributed by atoms with Gasteiger partial charge in [-0.25, -0.2) is 9.97 Å². The predicted molar refractivity (Wildman–Crippen MR) is 84.0 cm³/mol. The van der Waals surface area contributed by atoms with Gasteiger partial charge in [-0.05, 0) is 25.7 Å². The van der Waals surface area contributed by atoms with Crippen LogP contribution in [-0.2, 0) is 6.54 Å². The van der Waals surface area contributed by atoms with E-state index in [1.54, 1.807) is 0 Å². The van der Waals surface area contributed by atoms with Crippen molar-refractivity contribution in [3.8, 4) is 0 Å². The molecule has 0 amide bonds. The second-order valence-corrected chi connectivity index (χ2v) is 6.59. The summed E-state index contributed by atoms with van der Waals surface area (Å²) in [5.41, 5.74) is 2.29. The van der Waals surface area contributed by atoms with Crippen LogP contribution in [0.5, 0.6) is 0 Å². The van der Waals surface area contributed by atoms with Gasteiger partial charge in [-0.1, -0.05) is 27.7 Å². The van der Waals surface area contributed by atoms with Gasteiger partial charge >= 0.3 is 0 Å². The first-order valence-electron chi connectivity index (χ1n) is 7.80. The minimum atomic E-state index is 0.484. The Morgan fingerprint density at radius 2 is 2.00 bits per heavy atom. The molecule has 4 nitrogen and oxygen atoms in total. The Balaban J connectivity index is 2.09. The first-order valence-corrected chi connectivity index (χ1v) is 7.80. The Morgan fingerprint density at radius 1 is 1.30 bits per heavy atom. The fraction of sp³-hybridized carbons (Fsp3) is 0.750. The van der Waals surface area contributed by atoms with E-state index in [0.717, 1.165) is 24.7 Å². The van der Waals surface area contributed by atoms with Crippen molar-refractivity contribution in [3.63, 3.8) is 0 Å². The van der Waals surface area contributed by atoms with Crippen LogP contribution in [-0.4, -0.2) is 28.6 Å². The van der Waals surface area contributed by atoms with E-state index in [0.29, 0.717) is 18.0 Å². The molecule has 0 spiro atoms. The second kappa shape index (κ2) is 6.53. The highest BCUT2D eigenvalue weighted by Gasteiger charge is 2.31. The van der Waals surface area contributed by atoms with Crippen LogP contribution in [0, 0.1) is 12.8 Å². The molecular weight excluding hydrogens is 248 g/mol. The molecular formula is C16H28N4. The van der Waals surface area contributed by atoms with Gasteiger partial charge in [0.15, 0.2) is 0 Å². The van der Waals surface area contributed by atoms with Crippen LogP contribution in [0.2, 0.25) is 0 Å². The standard InChI is InChI=1S/C16H28N4/c1-11(2)10-20(15-6-7-15)16-18-9-14(13(5)19-16)8-17-12(3)4/h9,11-12,15,17H,6-8,10H2,1-5H3. The summed E-state index contributed by atoms with van der Waals surface area (Å²) in [4.78, 5) is 11.7. The lowest BCUT2D eigenvalue weighted by atomic mass is 10.2. The first kappa shape index (κ1) is 15.2. The van der Waals surface area contributed by atoms with Crippen molar-refractivity contribution in [3.05, 3.63) is 17.5 Å². The summed E-state index contributed by atoms with van der Waals surface area (Å²) >= 11 is 0. The van der Waals surface area contributed by atoms with Crippen molar-refractivity contribution in [1.29, 1.82) is 0 Å². The zero-order valence-electron chi connectivity index (χ0n) is 13.5. The molecule has 4 heteroatoms. The zero-order valence-corrected chi connectivity index (χ0v) is 13.5. The van der Waals surface area contributed by atoms with Crippen molar-refractivity contribution >= 4 is 5.95 Å². The molecule has 0 unspecified atom stereocenters. The molecule has 1 aliphatic rings. The minimum absolute atomic E-state index is 0.484. The summed E-state index contributed by atoms with van der Waals surface area (Å²) in [6.45, 7) is 12.8. The van der Waals surface area contributed by atoms with Gasteiger partial charge in [0.25, 0.3) is 0 Å². The van der Waals surface area contributed by atoms with E-state index in [4.69, 9.17) is 4.98 Å². The number of nitrogens with zero attached hydrogens (tertiary/aromatic N) is 3. The summed E-state index contributed by atoms with van der Waals surface area (Å²) < 4.78 is 0. The summed E-state index contributed by atoms with van der Waals surface area (Å²) in [6, 6.07) is 1.15. The summed E-state index contributed by atoms with van der Waals surface area (Å²) in [6.07, 6.45) is 4.56. The molecule has 1 N–H and O–H groups in total. The number of anilines is 1. The van der Waals surface area contributed by atoms with Crippen molar-refractivity contribution in [2.45, 2.75) is 66.1 Å². The van der Waals surface area contributed by atoms with Crippen LogP contribution in [0.4, 0.5) is 5.95 Å². The highest BCUT2D eigenvalue weighted by Crippen LogP contribution is 2.30. The Kier molecular flexibility index (Phi) is 4.97. The van der Waals surface area contributed by atoms with E-state index >= 15 is 0 Å². The smallest absolute Gasteiger partial charge is 0.225 e. The van der Waals surface area contributed by atoms with E-state index in [1.165, 1.54) is 18.4 Å².